The molecule has 0 spiro atoms. The fourth-order valence-electron chi connectivity index (χ4n) is 2.90. The highest BCUT2D eigenvalue weighted by molar-refractivity contribution is 8.01. The minimum absolute atomic E-state index is 0.176. The zero-order chi connectivity index (χ0) is 17.6. The van der Waals surface area contributed by atoms with Crippen molar-refractivity contribution in [2.24, 2.45) is 4.99 Å². The maximum absolute atomic E-state index is 12.9. The number of carbonyl (C=O) groups excluding carboxylic acids is 2. The molecule has 3 rings (SSSR count). The van der Waals surface area contributed by atoms with E-state index in [1.54, 1.807) is 19.2 Å². The van der Waals surface area contributed by atoms with Crippen LogP contribution >= 0.6 is 23.4 Å². The summed E-state index contributed by atoms with van der Waals surface area (Å²) in [5.41, 5.74) is 3.63. The minimum Gasteiger partial charge on any atom is -0.495 e. The van der Waals surface area contributed by atoms with E-state index < -0.39 is 10.8 Å². The quantitative estimate of drug-likeness (QED) is 0.872. The fourth-order valence-corrected chi connectivity index (χ4v) is 4.27. The number of halogens is 1. The van der Waals surface area contributed by atoms with Crippen LogP contribution in [0.2, 0.25) is 5.02 Å². The first-order valence-electron chi connectivity index (χ1n) is 7.46. The van der Waals surface area contributed by atoms with Gasteiger partial charge in [0.1, 0.15) is 11.0 Å². The van der Waals surface area contributed by atoms with Gasteiger partial charge in [-0.2, -0.15) is 0 Å². The van der Waals surface area contributed by atoms with Gasteiger partial charge in [-0.1, -0.05) is 11.6 Å². The van der Waals surface area contributed by atoms with E-state index in [0.29, 0.717) is 17.2 Å². The van der Waals surface area contributed by atoms with Gasteiger partial charge in [0.25, 0.3) is 5.91 Å². The molecule has 0 aromatic heterocycles. The summed E-state index contributed by atoms with van der Waals surface area (Å²) in [6.07, 6.45) is 0.569. The summed E-state index contributed by atoms with van der Waals surface area (Å²) < 4.78 is 5.23. The third-order valence-corrected chi connectivity index (χ3v) is 5.56. The molecule has 2 aliphatic heterocycles. The zero-order valence-electron chi connectivity index (χ0n) is 13.8. The smallest absolute Gasteiger partial charge is 0.260 e. The number of nitrogens with zero attached hydrogens (tertiary/aromatic N) is 2. The third-order valence-electron chi connectivity index (χ3n) is 3.98. The van der Waals surface area contributed by atoms with E-state index in [1.807, 2.05) is 13.8 Å². The molecule has 2 aliphatic rings. The lowest BCUT2D eigenvalue weighted by Crippen LogP contribution is -2.64. The van der Waals surface area contributed by atoms with Crippen molar-refractivity contribution >= 4 is 46.6 Å². The number of piperidine rings is 1. The van der Waals surface area contributed by atoms with Crippen molar-refractivity contribution in [3.05, 3.63) is 17.2 Å². The molecule has 0 bridgehead atoms. The SMILES string of the molecule is COc1cc2c(cc1Cl)N=C1CC(C)(C)N(NC(C)=O)C(=O)C1S2. The van der Waals surface area contributed by atoms with E-state index in [1.165, 1.54) is 23.7 Å². The van der Waals surface area contributed by atoms with Crippen LogP contribution in [0.15, 0.2) is 22.0 Å². The van der Waals surface area contributed by atoms with Gasteiger partial charge in [0.2, 0.25) is 5.91 Å². The normalized spacial score (nSPS) is 21.5. The molecule has 1 aromatic rings. The van der Waals surface area contributed by atoms with E-state index in [4.69, 9.17) is 16.3 Å². The molecule has 0 saturated carbocycles. The summed E-state index contributed by atoms with van der Waals surface area (Å²) in [5.74, 6) is 0.0973. The Morgan fingerprint density at radius 2 is 2.21 bits per heavy atom. The van der Waals surface area contributed by atoms with Crippen LogP contribution in [0.1, 0.15) is 27.2 Å². The van der Waals surface area contributed by atoms with Gasteiger partial charge in [0, 0.05) is 24.0 Å². The lowest BCUT2D eigenvalue weighted by Gasteiger charge is -2.45. The van der Waals surface area contributed by atoms with Crippen molar-refractivity contribution < 1.29 is 14.3 Å². The molecular formula is C16H18ClN3O3S. The second-order valence-corrected chi connectivity index (χ2v) is 7.94. The maximum Gasteiger partial charge on any atom is 0.260 e. The second kappa shape index (κ2) is 5.97. The number of carbonyl (C=O) groups is 2. The van der Waals surface area contributed by atoms with E-state index in [2.05, 4.69) is 10.4 Å². The molecule has 2 heterocycles. The Labute approximate surface area is 149 Å². The molecule has 1 fully saturated rings. The number of hydrazine groups is 1. The number of thioether (sulfide) groups is 1. The first kappa shape index (κ1) is 17.1. The van der Waals surface area contributed by atoms with E-state index in [-0.39, 0.29) is 11.8 Å². The number of hydrogen-bond acceptors (Lipinski definition) is 5. The summed E-state index contributed by atoms with van der Waals surface area (Å²) in [6.45, 7) is 5.20. The number of fused-ring (bicyclic) bond motifs is 2. The molecule has 1 unspecified atom stereocenters. The number of hydrogen-bond donors (Lipinski definition) is 1. The summed E-state index contributed by atoms with van der Waals surface area (Å²) in [6, 6.07) is 3.54. The Balaban J connectivity index is 2.01. The number of ether oxygens (including phenoxy) is 1. The lowest BCUT2D eigenvalue weighted by molar-refractivity contribution is -0.147. The number of methoxy groups -OCH3 is 1. The molecule has 0 radical (unpaired) electrons. The Bertz CT molecular complexity index is 763. The van der Waals surface area contributed by atoms with Gasteiger partial charge in [-0.3, -0.25) is 20.0 Å². The standard InChI is InChI=1S/C16H18ClN3O3S/c1-8(21)19-20-15(22)14-11(7-16(20,2)3)18-10-5-9(17)12(23-4)6-13(10)24-14/h5-6,14H,7H2,1-4H3,(H,19,21). The number of aliphatic imine (C=N–C) groups is 1. The van der Waals surface area contributed by atoms with Gasteiger partial charge in [0.15, 0.2) is 0 Å². The average Bonchev–Trinajstić information content (AvgIpc) is 2.49. The van der Waals surface area contributed by atoms with Crippen molar-refractivity contribution in [2.75, 3.05) is 7.11 Å². The van der Waals surface area contributed by atoms with Gasteiger partial charge in [-0.15, -0.1) is 11.8 Å². The molecule has 1 saturated heterocycles. The van der Waals surface area contributed by atoms with Crippen LogP contribution < -0.4 is 10.2 Å². The van der Waals surface area contributed by atoms with Crippen LogP contribution in [-0.4, -0.2) is 40.4 Å². The first-order valence-corrected chi connectivity index (χ1v) is 8.71. The Morgan fingerprint density at radius 3 is 2.83 bits per heavy atom. The van der Waals surface area contributed by atoms with Crippen LogP contribution in [0.25, 0.3) is 0 Å². The van der Waals surface area contributed by atoms with Gasteiger partial charge in [-0.05, 0) is 26.0 Å². The topological polar surface area (TPSA) is 71.0 Å². The summed E-state index contributed by atoms with van der Waals surface area (Å²) in [7, 11) is 1.54. The van der Waals surface area contributed by atoms with Crippen LogP contribution in [0.5, 0.6) is 5.75 Å². The largest absolute Gasteiger partial charge is 0.495 e. The summed E-state index contributed by atoms with van der Waals surface area (Å²) in [5, 5.41) is 1.45. The zero-order valence-corrected chi connectivity index (χ0v) is 15.4. The highest BCUT2D eigenvalue weighted by Gasteiger charge is 2.46. The van der Waals surface area contributed by atoms with Crippen LogP contribution in [0.3, 0.4) is 0 Å². The van der Waals surface area contributed by atoms with E-state index >= 15 is 0 Å². The molecule has 1 atom stereocenters. The molecule has 2 amide bonds. The van der Waals surface area contributed by atoms with Gasteiger partial charge in [-0.25, -0.2) is 5.01 Å². The highest BCUT2D eigenvalue weighted by atomic mass is 35.5. The van der Waals surface area contributed by atoms with Gasteiger partial charge >= 0.3 is 0 Å². The lowest BCUT2D eigenvalue weighted by atomic mass is 9.89. The molecule has 1 N–H and O–H groups in total. The third kappa shape index (κ3) is 2.86. The summed E-state index contributed by atoms with van der Waals surface area (Å²) >= 11 is 7.58. The maximum atomic E-state index is 12.9. The van der Waals surface area contributed by atoms with Crippen LogP contribution in [0, 0.1) is 0 Å². The second-order valence-electron chi connectivity index (χ2n) is 6.39. The number of benzene rings is 1. The Morgan fingerprint density at radius 1 is 1.50 bits per heavy atom. The van der Waals surface area contributed by atoms with Crippen molar-refractivity contribution in [2.45, 2.75) is 42.9 Å². The predicted molar refractivity (Wildman–Crippen MR) is 94.1 cm³/mol. The van der Waals surface area contributed by atoms with Crippen molar-refractivity contribution in [3.63, 3.8) is 0 Å². The van der Waals surface area contributed by atoms with E-state index in [0.717, 1.165) is 16.3 Å². The van der Waals surface area contributed by atoms with Gasteiger partial charge in [0.05, 0.1) is 23.4 Å². The first-order chi connectivity index (χ1) is 11.2. The number of nitrogens with one attached hydrogen (secondary N) is 1. The highest BCUT2D eigenvalue weighted by Crippen LogP contribution is 2.46. The summed E-state index contributed by atoms with van der Waals surface area (Å²) in [4.78, 5) is 29.8. The fraction of sp³-hybridized carbons (Fsp3) is 0.438. The molecule has 8 heteroatoms. The molecule has 128 valence electrons. The molecule has 6 nitrogen and oxygen atoms in total. The van der Waals surface area contributed by atoms with Gasteiger partial charge < -0.3 is 4.74 Å². The molecule has 24 heavy (non-hydrogen) atoms. The van der Waals surface area contributed by atoms with Crippen LogP contribution in [-0.2, 0) is 9.59 Å². The molecular weight excluding hydrogens is 350 g/mol. The Hall–Kier alpha value is -1.73. The van der Waals surface area contributed by atoms with Crippen LogP contribution in [0.4, 0.5) is 5.69 Å². The number of amides is 2. The predicted octanol–water partition coefficient (Wildman–Crippen LogP) is 2.96. The van der Waals surface area contributed by atoms with Crippen molar-refractivity contribution in [3.8, 4) is 5.75 Å². The Kier molecular flexibility index (Phi) is 4.25. The molecule has 1 aromatic carbocycles. The van der Waals surface area contributed by atoms with E-state index in [9.17, 15) is 9.59 Å². The average molecular weight is 368 g/mol. The minimum atomic E-state index is -0.549. The van der Waals surface area contributed by atoms with Crippen molar-refractivity contribution in [1.29, 1.82) is 0 Å². The number of rotatable bonds is 2. The van der Waals surface area contributed by atoms with Crippen molar-refractivity contribution in [1.82, 2.24) is 10.4 Å². The molecule has 0 aliphatic carbocycles. The monoisotopic (exact) mass is 367 g/mol.